The largest absolute Gasteiger partial charge is 0.377 e. The lowest BCUT2D eigenvalue weighted by molar-refractivity contribution is -0.120. The molecular weight excluding hydrogens is 184 g/mol. The van der Waals surface area contributed by atoms with Crippen LogP contribution >= 0.6 is 0 Å². The summed E-state index contributed by atoms with van der Waals surface area (Å²) in [5.41, 5.74) is 0.192. The van der Waals surface area contributed by atoms with Crippen LogP contribution in [0.5, 0.6) is 0 Å². The van der Waals surface area contributed by atoms with Gasteiger partial charge >= 0.3 is 0 Å². The fourth-order valence-electron chi connectivity index (χ4n) is 1.42. The third-order valence-corrected chi connectivity index (χ3v) is 2.16. The number of fused-ring (bicyclic) bond motifs is 1. The second kappa shape index (κ2) is 2.85. The highest BCUT2D eigenvalue weighted by molar-refractivity contribution is 6.52. The van der Waals surface area contributed by atoms with E-state index in [1.807, 2.05) is 0 Å². The van der Waals surface area contributed by atoms with Crippen molar-refractivity contribution in [1.82, 2.24) is 0 Å². The third kappa shape index (κ3) is 1.01. The minimum atomic E-state index is -1.82. The molecule has 0 radical (unpaired) electrons. The molecule has 1 aromatic carbocycles. The van der Waals surface area contributed by atoms with Gasteiger partial charge in [-0.3, -0.25) is 14.4 Å². The van der Waals surface area contributed by atoms with Crippen LogP contribution < -0.4 is 0 Å². The van der Waals surface area contributed by atoms with E-state index in [0.717, 1.165) is 0 Å². The van der Waals surface area contributed by atoms with E-state index < -0.39 is 23.5 Å². The van der Waals surface area contributed by atoms with E-state index in [4.69, 9.17) is 5.11 Å². The molecule has 4 heteroatoms. The highest BCUT2D eigenvalue weighted by Crippen LogP contribution is 2.18. The summed E-state index contributed by atoms with van der Waals surface area (Å²) in [7, 11) is 0. The van der Waals surface area contributed by atoms with E-state index in [1.54, 1.807) is 12.1 Å². The molecule has 0 saturated heterocycles. The number of ketones is 3. The minimum absolute atomic E-state index is 0.0767. The van der Waals surface area contributed by atoms with Gasteiger partial charge in [-0.1, -0.05) is 24.3 Å². The maximum absolute atomic E-state index is 11.3. The number of aliphatic hydroxyl groups excluding tert-OH is 1. The maximum atomic E-state index is 11.3. The van der Waals surface area contributed by atoms with Crippen LogP contribution in [0.15, 0.2) is 24.3 Å². The number of hydrogen-bond donors (Lipinski definition) is 1. The van der Waals surface area contributed by atoms with Crippen LogP contribution in [0.3, 0.4) is 0 Å². The van der Waals surface area contributed by atoms with Gasteiger partial charge in [0.25, 0.3) is 0 Å². The van der Waals surface area contributed by atoms with Gasteiger partial charge in [-0.2, -0.15) is 0 Å². The molecule has 0 saturated carbocycles. The van der Waals surface area contributed by atoms with Crippen molar-refractivity contribution in [2.45, 2.75) is 6.10 Å². The molecule has 70 valence electrons. The van der Waals surface area contributed by atoms with Crippen molar-refractivity contribution >= 4 is 17.3 Å². The monoisotopic (exact) mass is 190 g/mol. The van der Waals surface area contributed by atoms with Crippen LogP contribution in [-0.2, 0) is 4.79 Å². The summed E-state index contributed by atoms with van der Waals surface area (Å²) in [6, 6.07) is 5.96. The van der Waals surface area contributed by atoms with Gasteiger partial charge in [0.2, 0.25) is 11.6 Å². The Balaban J connectivity index is 2.68. The molecule has 0 aromatic heterocycles. The van der Waals surface area contributed by atoms with E-state index in [1.165, 1.54) is 12.1 Å². The molecule has 0 bridgehead atoms. The Morgan fingerprint density at radius 3 is 2.14 bits per heavy atom. The van der Waals surface area contributed by atoms with E-state index in [-0.39, 0.29) is 11.1 Å². The zero-order chi connectivity index (χ0) is 10.3. The summed E-state index contributed by atoms with van der Waals surface area (Å²) in [6.45, 7) is 0. The zero-order valence-corrected chi connectivity index (χ0v) is 7.06. The number of benzene rings is 1. The molecule has 1 atom stereocenters. The van der Waals surface area contributed by atoms with Gasteiger partial charge in [-0.15, -0.1) is 0 Å². The smallest absolute Gasteiger partial charge is 0.239 e. The summed E-state index contributed by atoms with van der Waals surface area (Å²) in [5.74, 6) is -2.55. The zero-order valence-electron chi connectivity index (χ0n) is 7.06. The standard InChI is InChI=1S/C10H6O4/c11-7-5-3-1-2-4-6(5)8(12)10(14)9(7)13/h1-4,9,13H/t9-/m1/s1. The Kier molecular flexibility index (Phi) is 1.79. The fourth-order valence-corrected chi connectivity index (χ4v) is 1.42. The van der Waals surface area contributed by atoms with Gasteiger partial charge in [-0.25, -0.2) is 0 Å². The Morgan fingerprint density at radius 2 is 1.50 bits per heavy atom. The molecule has 0 unspecified atom stereocenters. The van der Waals surface area contributed by atoms with Crippen molar-refractivity contribution in [1.29, 1.82) is 0 Å². The molecule has 0 fully saturated rings. The molecular formula is C10H6O4. The number of carbonyl (C=O) groups excluding carboxylic acids is 3. The summed E-state index contributed by atoms with van der Waals surface area (Å²) >= 11 is 0. The van der Waals surface area contributed by atoms with Gasteiger partial charge in [0.1, 0.15) is 0 Å². The average molecular weight is 190 g/mol. The van der Waals surface area contributed by atoms with Crippen LogP contribution in [-0.4, -0.2) is 28.6 Å². The van der Waals surface area contributed by atoms with Crippen molar-refractivity contribution in [3.63, 3.8) is 0 Å². The molecule has 14 heavy (non-hydrogen) atoms. The van der Waals surface area contributed by atoms with Crippen LogP contribution in [0.1, 0.15) is 20.7 Å². The van der Waals surface area contributed by atoms with E-state index in [2.05, 4.69) is 0 Å². The van der Waals surface area contributed by atoms with Gasteiger partial charge in [0.15, 0.2) is 11.9 Å². The predicted octanol–water partition coefficient (Wildman–Crippen LogP) is -0.00440. The molecule has 1 aromatic rings. The quantitative estimate of drug-likeness (QED) is 0.461. The molecule has 1 N–H and O–H groups in total. The molecule has 0 heterocycles. The number of rotatable bonds is 0. The molecule has 0 spiro atoms. The average Bonchev–Trinajstić information content (AvgIpc) is 2.23. The van der Waals surface area contributed by atoms with Gasteiger partial charge in [0, 0.05) is 11.1 Å². The Bertz CT molecular complexity index is 447. The topological polar surface area (TPSA) is 71.4 Å². The van der Waals surface area contributed by atoms with Gasteiger partial charge in [-0.05, 0) is 0 Å². The van der Waals surface area contributed by atoms with Crippen molar-refractivity contribution in [2.24, 2.45) is 0 Å². The Labute approximate surface area is 79.2 Å². The van der Waals surface area contributed by atoms with Crippen molar-refractivity contribution in [3.05, 3.63) is 35.4 Å². The highest BCUT2D eigenvalue weighted by Gasteiger charge is 2.38. The molecule has 0 amide bonds. The van der Waals surface area contributed by atoms with E-state index in [9.17, 15) is 14.4 Å². The van der Waals surface area contributed by atoms with Crippen LogP contribution in [0, 0.1) is 0 Å². The second-order valence-electron chi connectivity index (χ2n) is 3.01. The summed E-state index contributed by atoms with van der Waals surface area (Å²) in [5, 5.41) is 9.14. The fraction of sp³-hybridized carbons (Fsp3) is 0.100. The summed E-state index contributed by atoms with van der Waals surface area (Å²) < 4.78 is 0. The third-order valence-electron chi connectivity index (χ3n) is 2.16. The lowest BCUT2D eigenvalue weighted by Crippen LogP contribution is -2.41. The number of carbonyl (C=O) groups is 3. The first-order valence-corrected chi connectivity index (χ1v) is 4.03. The maximum Gasteiger partial charge on any atom is 0.239 e. The highest BCUT2D eigenvalue weighted by atomic mass is 16.3. The Hall–Kier alpha value is -1.81. The van der Waals surface area contributed by atoms with E-state index in [0.29, 0.717) is 0 Å². The summed E-state index contributed by atoms with van der Waals surface area (Å²) in [6.07, 6.45) is -1.82. The predicted molar refractivity (Wildman–Crippen MR) is 46.1 cm³/mol. The van der Waals surface area contributed by atoms with Crippen LogP contribution in [0.25, 0.3) is 0 Å². The normalized spacial score (nSPS) is 20.9. The first-order valence-electron chi connectivity index (χ1n) is 4.03. The lowest BCUT2D eigenvalue weighted by Gasteiger charge is -2.16. The van der Waals surface area contributed by atoms with Gasteiger partial charge in [0.05, 0.1) is 0 Å². The SMILES string of the molecule is O=C1C(=O)[C@H](O)C(=O)c2ccccc21. The first kappa shape index (κ1) is 8.77. The molecule has 0 aliphatic heterocycles. The number of hydrogen-bond acceptors (Lipinski definition) is 4. The van der Waals surface area contributed by atoms with Crippen molar-refractivity contribution < 1.29 is 19.5 Å². The second-order valence-corrected chi connectivity index (χ2v) is 3.01. The summed E-state index contributed by atoms with van der Waals surface area (Å²) in [4.78, 5) is 33.7. The first-order chi connectivity index (χ1) is 6.63. The Morgan fingerprint density at radius 1 is 0.929 bits per heavy atom. The van der Waals surface area contributed by atoms with Crippen LogP contribution in [0.4, 0.5) is 0 Å². The lowest BCUT2D eigenvalue weighted by atomic mass is 9.87. The molecule has 1 aliphatic carbocycles. The van der Waals surface area contributed by atoms with E-state index >= 15 is 0 Å². The van der Waals surface area contributed by atoms with Crippen molar-refractivity contribution in [3.8, 4) is 0 Å². The molecule has 4 nitrogen and oxygen atoms in total. The van der Waals surface area contributed by atoms with Crippen LogP contribution in [0.2, 0.25) is 0 Å². The minimum Gasteiger partial charge on any atom is -0.377 e. The molecule has 2 rings (SSSR count). The van der Waals surface area contributed by atoms with Gasteiger partial charge < -0.3 is 5.11 Å². The molecule has 1 aliphatic rings. The van der Waals surface area contributed by atoms with Crippen molar-refractivity contribution in [2.75, 3.05) is 0 Å². The number of aliphatic hydroxyl groups is 1. The number of Topliss-reactive ketones (excluding diaryl/α,β-unsaturated/α-hetero) is 3.